The van der Waals surface area contributed by atoms with Crippen molar-refractivity contribution in [3.05, 3.63) is 48.0 Å². The number of hydrogen-bond acceptors (Lipinski definition) is 4. The van der Waals surface area contributed by atoms with Crippen LogP contribution >= 0.6 is 16.4 Å². The number of carbonyl (C=O) groups is 1. The Morgan fingerprint density at radius 1 is 1.36 bits per heavy atom. The summed E-state index contributed by atoms with van der Waals surface area (Å²) in [5, 5.41) is 10.3. The molecule has 0 aromatic heterocycles. The van der Waals surface area contributed by atoms with Crippen molar-refractivity contribution < 1.29 is 19.3 Å². The van der Waals surface area contributed by atoms with Crippen molar-refractivity contribution in [2.45, 2.75) is 43.6 Å². The Morgan fingerprint density at radius 2 is 2.16 bits per heavy atom. The molecule has 1 heterocycles. The standard InChI is InChI=1S/C18H23BO4P2/c20-13(7-6-12-4-2-1-3-5-12)8-9-14-15-10-18(21)23-16(15)11-17(14)24-25-19-22/h1-5,8-9,13-17,20,24-25H,6-7,10-11H2/t13-,14-,15-,16+,17-/m1/s1. The predicted octanol–water partition coefficient (Wildman–Crippen LogP) is 3.09. The molecule has 7 atom stereocenters. The molecule has 0 amide bonds. The van der Waals surface area contributed by atoms with Crippen LogP contribution in [0.2, 0.25) is 0 Å². The molecule has 1 N–H and O–H groups in total. The summed E-state index contributed by atoms with van der Waals surface area (Å²) in [7, 11) is 0.909. The van der Waals surface area contributed by atoms with Crippen molar-refractivity contribution in [3.63, 3.8) is 0 Å². The summed E-state index contributed by atoms with van der Waals surface area (Å²) in [6.07, 6.45) is 6.29. The number of fused-ring (bicyclic) bond motifs is 1. The van der Waals surface area contributed by atoms with E-state index in [1.54, 1.807) is 0 Å². The molecule has 1 aliphatic carbocycles. The normalized spacial score (nSPS) is 30.4. The Kier molecular flexibility index (Phi) is 6.93. The molecule has 132 valence electrons. The molecule has 2 fully saturated rings. The third-order valence-electron chi connectivity index (χ3n) is 5.06. The van der Waals surface area contributed by atoms with E-state index >= 15 is 0 Å². The monoisotopic (exact) mass is 376 g/mol. The van der Waals surface area contributed by atoms with Crippen LogP contribution in [0, 0.1) is 11.8 Å². The molecule has 4 nitrogen and oxygen atoms in total. The summed E-state index contributed by atoms with van der Waals surface area (Å²) in [5.41, 5.74) is 1.61. The minimum absolute atomic E-state index is 0.00226. The minimum atomic E-state index is -0.491. The maximum absolute atomic E-state index is 11.6. The van der Waals surface area contributed by atoms with Crippen LogP contribution in [0.5, 0.6) is 0 Å². The van der Waals surface area contributed by atoms with Crippen molar-refractivity contribution in [1.29, 1.82) is 0 Å². The van der Waals surface area contributed by atoms with Gasteiger partial charge in [-0.1, -0.05) is 6.07 Å². The summed E-state index contributed by atoms with van der Waals surface area (Å²) in [5.74, 6) is 0.324. The van der Waals surface area contributed by atoms with Gasteiger partial charge in [-0.2, -0.15) is 0 Å². The Balaban J connectivity index is 1.58. The van der Waals surface area contributed by atoms with E-state index in [0.29, 0.717) is 34.9 Å². The summed E-state index contributed by atoms with van der Waals surface area (Å²) in [6, 6.07) is 10.1. The zero-order valence-corrected chi connectivity index (χ0v) is 16.0. The van der Waals surface area contributed by atoms with Crippen LogP contribution in [0.15, 0.2) is 42.5 Å². The molecular formula is C18H23BO4P2. The zero-order valence-electron chi connectivity index (χ0n) is 14.0. The van der Waals surface area contributed by atoms with Gasteiger partial charge in [0.05, 0.1) is 0 Å². The average molecular weight is 376 g/mol. The van der Waals surface area contributed by atoms with Crippen LogP contribution in [0.25, 0.3) is 0 Å². The van der Waals surface area contributed by atoms with Crippen LogP contribution in [-0.2, 0) is 20.7 Å². The second kappa shape index (κ2) is 9.17. The Morgan fingerprint density at radius 3 is 2.92 bits per heavy atom. The molecule has 1 saturated carbocycles. The summed E-state index contributed by atoms with van der Waals surface area (Å²) >= 11 is 0. The van der Waals surface area contributed by atoms with Crippen molar-refractivity contribution in [2.24, 2.45) is 11.8 Å². The first-order valence-electron chi connectivity index (χ1n) is 8.72. The number of allylic oxidation sites excluding steroid dienone is 1. The SMILES string of the molecule is O=BPP[C@@H]1C[C@@H]2OC(=O)C[C@@H]2[C@H]1C=C[C@H](O)CCc1ccccc1. The topological polar surface area (TPSA) is 63.6 Å². The fourth-order valence-corrected chi connectivity index (χ4v) is 6.79. The van der Waals surface area contributed by atoms with Gasteiger partial charge < -0.3 is 0 Å². The van der Waals surface area contributed by atoms with Gasteiger partial charge in [-0.25, -0.2) is 0 Å². The second-order valence-electron chi connectivity index (χ2n) is 6.70. The predicted molar refractivity (Wildman–Crippen MR) is 103 cm³/mol. The number of aliphatic hydroxyl groups is 1. The molecule has 2 aliphatic rings. The van der Waals surface area contributed by atoms with Gasteiger partial charge in [-0.05, 0) is 0 Å². The van der Waals surface area contributed by atoms with Crippen molar-refractivity contribution in [3.8, 4) is 0 Å². The van der Waals surface area contributed by atoms with E-state index in [9.17, 15) is 14.6 Å². The summed E-state index contributed by atoms with van der Waals surface area (Å²) in [4.78, 5) is 11.6. The van der Waals surface area contributed by atoms with E-state index in [2.05, 4.69) is 18.2 Å². The number of carbonyl (C=O) groups excluding carboxylic acids is 1. The summed E-state index contributed by atoms with van der Waals surface area (Å²) < 4.78 is 16.2. The van der Waals surface area contributed by atoms with E-state index in [1.807, 2.05) is 24.3 Å². The fourth-order valence-electron chi connectivity index (χ4n) is 3.83. The zero-order chi connectivity index (χ0) is 17.6. The van der Waals surface area contributed by atoms with Gasteiger partial charge in [0.1, 0.15) is 0 Å². The van der Waals surface area contributed by atoms with E-state index < -0.39 is 6.10 Å². The molecule has 2 unspecified atom stereocenters. The van der Waals surface area contributed by atoms with E-state index in [-0.39, 0.29) is 23.9 Å². The van der Waals surface area contributed by atoms with Crippen LogP contribution in [0.3, 0.4) is 0 Å². The Hall–Kier alpha value is -0.885. The van der Waals surface area contributed by atoms with Crippen LogP contribution in [-0.4, -0.2) is 35.8 Å². The molecule has 3 rings (SSSR count). The molecule has 1 saturated heterocycles. The van der Waals surface area contributed by atoms with Gasteiger partial charge in [-0.15, -0.1) is 0 Å². The number of esters is 1. The molecule has 7 heteroatoms. The van der Waals surface area contributed by atoms with Gasteiger partial charge in [0.25, 0.3) is 0 Å². The summed E-state index contributed by atoms with van der Waals surface area (Å²) in [6.45, 7) is 0.994. The third kappa shape index (κ3) is 5.06. The number of ether oxygens (including phenoxy) is 1. The van der Waals surface area contributed by atoms with Gasteiger partial charge in [0, 0.05) is 0 Å². The first-order chi connectivity index (χ1) is 12.2. The van der Waals surface area contributed by atoms with Crippen molar-refractivity contribution in [2.75, 3.05) is 0 Å². The average Bonchev–Trinajstić information content (AvgIpc) is 3.13. The molecule has 0 spiro atoms. The molecule has 0 radical (unpaired) electrons. The number of benzene rings is 1. The van der Waals surface area contributed by atoms with Gasteiger partial charge >= 0.3 is 146 Å². The van der Waals surface area contributed by atoms with E-state index in [1.165, 1.54) is 5.56 Å². The molecule has 25 heavy (non-hydrogen) atoms. The van der Waals surface area contributed by atoms with Crippen LogP contribution in [0.4, 0.5) is 0 Å². The Labute approximate surface area is 152 Å². The number of hydrogen-bond donors (Lipinski definition) is 1. The first kappa shape index (κ1) is 18.9. The fraction of sp³-hybridized carbons (Fsp3) is 0.500. The first-order valence-corrected chi connectivity index (χ1v) is 11.9. The number of aryl methyl sites for hydroxylation is 1. The van der Waals surface area contributed by atoms with Crippen LogP contribution < -0.4 is 0 Å². The van der Waals surface area contributed by atoms with Gasteiger partial charge in [0.15, 0.2) is 0 Å². The molecular weight excluding hydrogens is 353 g/mol. The molecule has 1 aromatic rings. The van der Waals surface area contributed by atoms with Crippen LogP contribution in [0.1, 0.15) is 24.8 Å². The third-order valence-corrected chi connectivity index (χ3v) is 8.30. The number of aliphatic hydroxyl groups excluding tert-OH is 1. The van der Waals surface area contributed by atoms with E-state index in [4.69, 9.17) is 4.74 Å². The Bertz CT molecular complexity index is 625. The van der Waals surface area contributed by atoms with Crippen molar-refractivity contribution in [1.82, 2.24) is 0 Å². The van der Waals surface area contributed by atoms with Gasteiger partial charge in [0.2, 0.25) is 0 Å². The molecule has 0 bridgehead atoms. The number of rotatable bonds is 8. The maximum atomic E-state index is 11.6. The van der Waals surface area contributed by atoms with Crippen molar-refractivity contribution >= 4 is 29.3 Å². The quantitative estimate of drug-likeness (QED) is 0.328. The molecule has 1 aromatic carbocycles. The van der Waals surface area contributed by atoms with Gasteiger partial charge in [-0.3, -0.25) is 0 Å². The molecule has 1 aliphatic heterocycles. The van der Waals surface area contributed by atoms with E-state index in [0.717, 1.165) is 19.7 Å². The second-order valence-corrected chi connectivity index (χ2v) is 9.99.